The van der Waals surface area contributed by atoms with Crippen LogP contribution in [0.3, 0.4) is 0 Å². The van der Waals surface area contributed by atoms with E-state index in [0.717, 1.165) is 9.52 Å². The second-order valence-electron chi connectivity index (χ2n) is 10.9. The summed E-state index contributed by atoms with van der Waals surface area (Å²) < 4.78 is 0. The molecule has 4 aromatic rings. The molecule has 182 valence electrons. The van der Waals surface area contributed by atoms with E-state index in [1.165, 1.54) is 78.9 Å². The Morgan fingerprint density at radius 1 is 0.541 bits per heavy atom. The van der Waals surface area contributed by atoms with Crippen LogP contribution in [0.2, 0.25) is 12.1 Å². The van der Waals surface area contributed by atoms with Gasteiger partial charge in [-0.25, -0.2) is 0 Å². The molecule has 2 unspecified atom stereocenters. The van der Waals surface area contributed by atoms with Crippen LogP contribution < -0.4 is 0 Å². The van der Waals surface area contributed by atoms with Gasteiger partial charge >= 0.3 is 0 Å². The van der Waals surface area contributed by atoms with Crippen LogP contribution >= 0.6 is 0 Å². The van der Waals surface area contributed by atoms with Crippen LogP contribution in [-0.2, 0) is 0 Å². The van der Waals surface area contributed by atoms with Crippen molar-refractivity contribution >= 4 is 21.7 Å². The van der Waals surface area contributed by atoms with E-state index in [-0.39, 0.29) is 0 Å². The number of allylic oxidation sites excluding steroid dienone is 2. The zero-order valence-corrected chi connectivity index (χ0v) is 23.3. The Balaban J connectivity index is 1.21. The maximum atomic E-state index is 2.45. The van der Waals surface area contributed by atoms with Crippen LogP contribution in [0.25, 0.3) is 34.4 Å². The van der Waals surface area contributed by atoms with Gasteiger partial charge in [-0.1, -0.05) is 131 Å². The molecule has 2 atom stereocenters. The molecule has 0 heterocycles. The molecule has 2 aliphatic carbocycles. The molecule has 0 saturated carbocycles. The number of benzene rings is 4. The highest BCUT2D eigenvalue weighted by Gasteiger charge is 2.28. The Morgan fingerprint density at radius 2 is 0.973 bits per heavy atom. The van der Waals surface area contributed by atoms with Gasteiger partial charge in [0.05, 0.1) is 0 Å². The average molecular weight is 495 g/mol. The highest BCUT2D eigenvalue weighted by Crippen LogP contribution is 2.45. The van der Waals surface area contributed by atoms with Crippen LogP contribution in [0.1, 0.15) is 59.1 Å². The zero-order valence-electron chi connectivity index (χ0n) is 22.3. The minimum Gasteiger partial charge on any atom is -0.0655 e. The van der Waals surface area contributed by atoms with E-state index < -0.39 is 0 Å². The molecular formula is C36H34Si. The fourth-order valence-electron chi connectivity index (χ4n) is 6.29. The number of rotatable bonds is 6. The third-order valence-electron chi connectivity index (χ3n) is 8.23. The van der Waals surface area contributed by atoms with E-state index in [2.05, 4.69) is 125 Å². The smallest absolute Gasteiger partial charge is 0.0397 e. The highest BCUT2D eigenvalue weighted by molar-refractivity contribution is 6.36. The Labute approximate surface area is 224 Å². The third kappa shape index (κ3) is 4.47. The van der Waals surface area contributed by atoms with E-state index >= 15 is 0 Å². The van der Waals surface area contributed by atoms with E-state index in [0.29, 0.717) is 11.8 Å². The van der Waals surface area contributed by atoms with Crippen molar-refractivity contribution in [3.63, 3.8) is 0 Å². The first kappa shape index (κ1) is 23.9. The second-order valence-corrected chi connectivity index (χ2v) is 12.2. The Kier molecular flexibility index (Phi) is 6.34. The lowest BCUT2D eigenvalue weighted by Gasteiger charge is -2.19. The predicted molar refractivity (Wildman–Crippen MR) is 161 cm³/mol. The van der Waals surface area contributed by atoms with Gasteiger partial charge in [-0.2, -0.15) is 0 Å². The minimum absolute atomic E-state index is 0.543. The molecule has 0 nitrogen and oxygen atoms in total. The Hall–Kier alpha value is -3.42. The van der Waals surface area contributed by atoms with Crippen molar-refractivity contribution in [2.24, 2.45) is 0 Å². The first-order chi connectivity index (χ1) is 18.0. The maximum Gasteiger partial charge on any atom is 0.0397 e. The number of aryl methyl sites for hydroxylation is 2. The van der Waals surface area contributed by atoms with E-state index in [4.69, 9.17) is 0 Å². The number of fused-ring (bicyclic) bond motifs is 2. The van der Waals surface area contributed by atoms with Gasteiger partial charge in [0.25, 0.3) is 0 Å². The predicted octanol–water partition coefficient (Wildman–Crippen LogP) is 9.88. The first-order valence-electron chi connectivity index (χ1n) is 13.5. The lowest BCUT2D eigenvalue weighted by atomic mass is 9.93. The maximum absolute atomic E-state index is 2.45. The molecule has 0 saturated heterocycles. The summed E-state index contributed by atoms with van der Waals surface area (Å²) in [6.07, 6.45) is 4.90. The third-order valence-corrected chi connectivity index (χ3v) is 9.62. The molecule has 0 aromatic heterocycles. The monoisotopic (exact) mass is 494 g/mol. The van der Waals surface area contributed by atoms with Crippen molar-refractivity contribution in [3.05, 3.63) is 129 Å². The van der Waals surface area contributed by atoms with Gasteiger partial charge in [-0.3, -0.25) is 0 Å². The van der Waals surface area contributed by atoms with Gasteiger partial charge in [-0.05, 0) is 72.2 Å². The molecule has 2 aliphatic rings. The van der Waals surface area contributed by atoms with Crippen LogP contribution in [0.5, 0.6) is 0 Å². The summed E-state index contributed by atoms with van der Waals surface area (Å²) in [4.78, 5) is 0. The van der Waals surface area contributed by atoms with Crippen LogP contribution in [-0.4, -0.2) is 9.52 Å². The van der Waals surface area contributed by atoms with Crippen molar-refractivity contribution < 1.29 is 0 Å². The number of hydrogen-bond acceptors (Lipinski definition) is 0. The molecule has 1 heteroatoms. The lowest BCUT2D eigenvalue weighted by molar-refractivity contribution is 0.876. The van der Waals surface area contributed by atoms with Gasteiger partial charge in [-0.15, -0.1) is 0 Å². The van der Waals surface area contributed by atoms with Crippen LogP contribution in [0.4, 0.5) is 0 Å². The molecule has 4 aromatic carbocycles. The largest absolute Gasteiger partial charge is 0.0655 e. The van der Waals surface area contributed by atoms with E-state index in [9.17, 15) is 0 Å². The van der Waals surface area contributed by atoms with Crippen molar-refractivity contribution in [2.45, 2.75) is 51.6 Å². The topological polar surface area (TPSA) is 0 Å². The fourth-order valence-corrected chi connectivity index (χ4v) is 8.11. The molecular weight excluding hydrogens is 460 g/mol. The molecule has 0 spiro atoms. The van der Waals surface area contributed by atoms with Crippen molar-refractivity contribution in [1.82, 2.24) is 0 Å². The van der Waals surface area contributed by atoms with Crippen molar-refractivity contribution in [2.75, 3.05) is 0 Å². The molecule has 0 aliphatic heterocycles. The summed E-state index contributed by atoms with van der Waals surface area (Å²) in [7, 11) is 0.937. The second kappa shape index (κ2) is 9.80. The summed E-state index contributed by atoms with van der Waals surface area (Å²) in [5.74, 6) is 1.09. The summed E-state index contributed by atoms with van der Waals surface area (Å²) in [6.45, 7) is 9.02. The quantitative estimate of drug-likeness (QED) is 0.234. The summed E-state index contributed by atoms with van der Waals surface area (Å²) in [5, 5.41) is 0. The minimum atomic E-state index is 0.543. The summed E-state index contributed by atoms with van der Waals surface area (Å²) in [6, 6.07) is 34.1. The molecule has 0 N–H and O–H groups in total. The molecule has 0 fully saturated rings. The molecule has 2 radical (unpaired) electrons. The van der Waals surface area contributed by atoms with Crippen LogP contribution in [0.15, 0.2) is 96.1 Å². The number of hydrogen-bond donors (Lipinski definition) is 0. The van der Waals surface area contributed by atoms with Gasteiger partial charge in [0, 0.05) is 21.4 Å². The molecule has 37 heavy (non-hydrogen) atoms. The zero-order chi connectivity index (χ0) is 25.5. The molecule has 0 bridgehead atoms. The molecule has 0 amide bonds. The summed E-state index contributed by atoms with van der Waals surface area (Å²) in [5.41, 5.74) is 17.0. The standard InChI is InChI=1S/C36H34Si/c1-23-9-5-11-27(17-23)29-13-7-15-31-33(29)19-25(3)35(31)21-37-22-36-26(4)20-34-30(14-8-16-32(34)36)28-12-6-10-24(2)18-28/h5-20,35-36H,21-22H2,1-4H3. The van der Waals surface area contributed by atoms with Crippen molar-refractivity contribution in [3.8, 4) is 22.3 Å². The van der Waals surface area contributed by atoms with Gasteiger partial charge < -0.3 is 0 Å². The summed E-state index contributed by atoms with van der Waals surface area (Å²) >= 11 is 0. The lowest BCUT2D eigenvalue weighted by Crippen LogP contribution is -2.06. The van der Waals surface area contributed by atoms with Crippen molar-refractivity contribution in [1.29, 1.82) is 0 Å². The first-order valence-corrected chi connectivity index (χ1v) is 14.9. The van der Waals surface area contributed by atoms with Gasteiger partial charge in [0.2, 0.25) is 0 Å². The molecule has 6 rings (SSSR count). The Bertz CT molecular complexity index is 1430. The normalized spacial score (nSPS) is 17.8. The highest BCUT2D eigenvalue weighted by atomic mass is 28.2. The van der Waals surface area contributed by atoms with E-state index in [1.807, 2.05) is 0 Å². The van der Waals surface area contributed by atoms with Crippen LogP contribution in [0, 0.1) is 13.8 Å². The van der Waals surface area contributed by atoms with E-state index in [1.54, 1.807) is 0 Å². The van der Waals surface area contributed by atoms with Gasteiger partial charge in [0.15, 0.2) is 0 Å². The van der Waals surface area contributed by atoms with Gasteiger partial charge in [0.1, 0.15) is 0 Å². The average Bonchev–Trinajstić information content (AvgIpc) is 3.39. The fraction of sp³-hybridized carbons (Fsp3) is 0.222. The SMILES string of the molecule is CC1=Cc2c(-c3cccc(C)c3)cccc2C1C[Si]CC1C(C)=Cc2c(-c3cccc(C)c3)cccc21. The Morgan fingerprint density at radius 3 is 1.41 bits per heavy atom.